The van der Waals surface area contributed by atoms with E-state index in [0.29, 0.717) is 0 Å². The molecule has 0 atom stereocenters. The van der Waals surface area contributed by atoms with Crippen molar-refractivity contribution >= 4 is 0 Å². The van der Waals surface area contributed by atoms with Crippen LogP contribution in [0.25, 0.3) is 0 Å². The van der Waals surface area contributed by atoms with E-state index in [2.05, 4.69) is 10.1 Å². The summed E-state index contributed by atoms with van der Waals surface area (Å²) in [6.45, 7) is 1.98. The largest absolute Gasteiger partial charge is 0.321 e. The van der Waals surface area contributed by atoms with Gasteiger partial charge in [0.15, 0.2) is 0 Å². The molecule has 1 rings (SSSR count). The van der Waals surface area contributed by atoms with E-state index in [-0.39, 0.29) is 0 Å². The number of rotatable bonds is 1. The number of aryl methyl sites for hydroxylation is 1. The summed E-state index contributed by atoms with van der Waals surface area (Å²) in [6.07, 6.45) is 2.27. The first-order valence-corrected chi connectivity index (χ1v) is 2.48. The fraction of sp³-hybridized carbons (Fsp3) is 0.500. The van der Waals surface area contributed by atoms with Crippen molar-refractivity contribution in [2.24, 2.45) is 0 Å². The fourth-order valence-electron chi connectivity index (χ4n) is 0.527. The number of nitrogen functional groups attached to an aromatic ring is 1. The van der Waals surface area contributed by atoms with Crippen LogP contribution in [0.15, 0.2) is 6.33 Å². The number of nitrogens with zero attached hydrogens (tertiary/aromatic N) is 3. The van der Waals surface area contributed by atoms with Crippen LogP contribution in [-0.4, -0.2) is 14.9 Å². The van der Waals surface area contributed by atoms with Gasteiger partial charge in [0.1, 0.15) is 12.2 Å². The zero-order chi connectivity index (χ0) is 5.98. The Balaban J connectivity index is 2.92. The first-order chi connectivity index (χ1) is 3.84. The zero-order valence-electron chi connectivity index (χ0n) is 4.70. The first kappa shape index (κ1) is 5.08. The van der Waals surface area contributed by atoms with Crippen molar-refractivity contribution in [1.82, 2.24) is 14.9 Å². The van der Waals surface area contributed by atoms with Gasteiger partial charge in [-0.05, 0) is 0 Å². The highest BCUT2D eigenvalue weighted by molar-refractivity contribution is 4.81. The second-order valence-corrected chi connectivity index (χ2v) is 1.47. The van der Waals surface area contributed by atoms with Gasteiger partial charge in [-0.2, -0.15) is 4.79 Å². The summed E-state index contributed by atoms with van der Waals surface area (Å²) in [7, 11) is 0. The number of hydrogen-bond acceptors (Lipinski definition) is 3. The van der Waals surface area contributed by atoms with Gasteiger partial charge < -0.3 is 5.84 Å². The second-order valence-electron chi connectivity index (χ2n) is 1.47. The van der Waals surface area contributed by atoms with Crippen molar-refractivity contribution in [3.63, 3.8) is 0 Å². The van der Waals surface area contributed by atoms with Gasteiger partial charge >= 0.3 is 0 Å². The molecular formula is C4H8N4. The molecule has 0 fully saturated rings. The lowest BCUT2D eigenvalue weighted by atomic mass is 10.5. The molecule has 0 spiro atoms. The number of hydrogen-bond donors (Lipinski definition) is 1. The molecule has 1 heterocycles. The Bertz CT molecular complexity index is 168. The van der Waals surface area contributed by atoms with Gasteiger partial charge in [-0.15, -0.1) is 5.10 Å². The van der Waals surface area contributed by atoms with Crippen molar-refractivity contribution in [2.75, 3.05) is 5.84 Å². The Morgan fingerprint density at radius 3 is 2.88 bits per heavy atom. The van der Waals surface area contributed by atoms with Crippen molar-refractivity contribution < 1.29 is 0 Å². The summed E-state index contributed by atoms with van der Waals surface area (Å²) in [5.41, 5.74) is 0. The topological polar surface area (TPSA) is 56.7 Å². The van der Waals surface area contributed by atoms with Crippen molar-refractivity contribution in [1.29, 1.82) is 0 Å². The molecule has 0 bridgehead atoms. The van der Waals surface area contributed by atoms with E-state index in [0.717, 1.165) is 12.2 Å². The van der Waals surface area contributed by atoms with E-state index < -0.39 is 0 Å². The van der Waals surface area contributed by atoms with E-state index >= 15 is 0 Å². The zero-order valence-corrected chi connectivity index (χ0v) is 4.70. The van der Waals surface area contributed by atoms with Crippen LogP contribution in [0, 0.1) is 0 Å². The minimum Gasteiger partial charge on any atom is -0.321 e. The highest BCUT2D eigenvalue weighted by Crippen LogP contribution is 1.86. The van der Waals surface area contributed by atoms with E-state index in [1.54, 1.807) is 0 Å². The Kier molecular flexibility index (Phi) is 1.15. The molecule has 0 saturated heterocycles. The summed E-state index contributed by atoms with van der Waals surface area (Å²) in [6, 6.07) is 0. The van der Waals surface area contributed by atoms with Gasteiger partial charge in [0.25, 0.3) is 0 Å². The third-order valence-electron chi connectivity index (χ3n) is 0.963. The Morgan fingerprint density at radius 1 is 1.88 bits per heavy atom. The molecule has 0 aliphatic rings. The van der Waals surface area contributed by atoms with Crippen LogP contribution in [0.2, 0.25) is 0 Å². The standard InChI is InChI=1S/C4H8N4/c1-2-4-6-3-7-8(4)5/h3H,2,5H2,1H3. The van der Waals surface area contributed by atoms with E-state index in [9.17, 15) is 0 Å². The smallest absolute Gasteiger partial charge is 0.149 e. The molecule has 4 nitrogen and oxygen atoms in total. The van der Waals surface area contributed by atoms with Crippen molar-refractivity contribution in [2.45, 2.75) is 13.3 Å². The average molecular weight is 112 g/mol. The van der Waals surface area contributed by atoms with E-state index in [4.69, 9.17) is 5.84 Å². The van der Waals surface area contributed by atoms with E-state index in [1.165, 1.54) is 11.1 Å². The lowest BCUT2D eigenvalue weighted by Crippen LogP contribution is -2.13. The van der Waals surface area contributed by atoms with Crippen molar-refractivity contribution in [3.8, 4) is 0 Å². The molecule has 0 radical (unpaired) electrons. The maximum absolute atomic E-state index is 5.29. The maximum atomic E-state index is 5.29. The Morgan fingerprint density at radius 2 is 2.62 bits per heavy atom. The van der Waals surface area contributed by atoms with Crippen LogP contribution in [0.4, 0.5) is 0 Å². The SMILES string of the molecule is CCc1ncnn1N. The molecular weight excluding hydrogens is 104 g/mol. The third-order valence-corrected chi connectivity index (χ3v) is 0.963. The molecule has 0 aliphatic carbocycles. The van der Waals surface area contributed by atoms with Gasteiger partial charge in [0.2, 0.25) is 0 Å². The highest BCUT2D eigenvalue weighted by Gasteiger charge is 1.93. The quantitative estimate of drug-likeness (QED) is 0.501. The van der Waals surface area contributed by atoms with Crippen LogP contribution in [0.3, 0.4) is 0 Å². The Labute approximate surface area is 47.3 Å². The van der Waals surface area contributed by atoms with Gasteiger partial charge in [0, 0.05) is 6.42 Å². The van der Waals surface area contributed by atoms with Gasteiger partial charge in [0.05, 0.1) is 0 Å². The highest BCUT2D eigenvalue weighted by atomic mass is 15.5. The van der Waals surface area contributed by atoms with Crippen LogP contribution < -0.4 is 5.84 Å². The summed E-state index contributed by atoms with van der Waals surface area (Å²) < 4.78 is 0. The minimum atomic E-state index is 0.810. The van der Waals surface area contributed by atoms with Gasteiger partial charge in [-0.25, -0.2) is 4.98 Å². The molecule has 1 aromatic heterocycles. The predicted molar refractivity (Wildman–Crippen MR) is 29.6 cm³/mol. The van der Waals surface area contributed by atoms with Gasteiger partial charge in [-0.3, -0.25) is 0 Å². The molecule has 0 aromatic carbocycles. The summed E-state index contributed by atoms with van der Waals surface area (Å²) in [4.78, 5) is 5.14. The van der Waals surface area contributed by atoms with Crippen molar-refractivity contribution in [3.05, 3.63) is 12.2 Å². The minimum absolute atomic E-state index is 0.810. The Hall–Kier alpha value is -1.06. The average Bonchev–Trinajstić information content (AvgIpc) is 2.14. The summed E-state index contributed by atoms with van der Waals surface area (Å²) in [5, 5.41) is 3.67. The van der Waals surface area contributed by atoms with Crippen LogP contribution >= 0.6 is 0 Å². The molecule has 4 heteroatoms. The molecule has 8 heavy (non-hydrogen) atoms. The second kappa shape index (κ2) is 1.81. The molecule has 1 aromatic rings. The maximum Gasteiger partial charge on any atom is 0.149 e. The predicted octanol–water partition coefficient (Wildman–Crippen LogP) is -0.446. The number of aromatic nitrogens is 3. The monoisotopic (exact) mass is 112 g/mol. The summed E-state index contributed by atoms with van der Waals surface area (Å²) >= 11 is 0. The molecule has 0 aliphatic heterocycles. The molecule has 0 unspecified atom stereocenters. The van der Waals surface area contributed by atoms with E-state index in [1.807, 2.05) is 6.92 Å². The van der Waals surface area contributed by atoms with Gasteiger partial charge in [-0.1, -0.05) is 6.92 Å². The molecule has 44 valence electrons. The third kappa shape index (κ3) is 0.641. The fourth-order valence-corrected chi connectivity index (χ4v) is 0.527. The van der Waals surface area contributed by atoms with Crippen LogP contribution in [0.1, 0.15) is 12.7 Å². The normalized spacial score (nSPS) is 9.62. The number of nitrogens with two attached hydrogens (primary N) is 1. The van der Waals surface area contributed by atoms with Crippen LogP contribution in [0.5, 0.6) is 0 Å². The van der Waals surface area contributed by atoms with Crippen LogP contribution in [-0.2, 0) is 6.42 Å². The lowest BCUT2D eigenvalue weighted by Gasteiger charge is -1.90. The summed E-state index contributed by atoms with van der Waals surface area (Å²) in [5.74, 6) is 6.10. The lowest BCUT2D eigenvalue weighted by molar-refractivity contribution is 0.761. The molecule has 2 N–H and O–H groups in total. The molecule has 0 saturated carbocycles. The molecule has 0 amide bonds. The first-order valence-electron chi connectivity index (χ1n) is 2.48.